The maximum atomic E-state index is 12.2. The molecule has 0 spiro atoms. The lowest BCUT2D eigenvalue weighted by Gasteiger charge is -2.06. The number of halogens is 1. The van der Waals surface area contributed by atoms with Crippen molar-refractivity contribution in [2.24, 2.45) is 11.1 Å². The van der Waals surface area contributed by atoms with Crippen LogP contribution in [0.3, 0.4) is 0 Å². The van der Waals surface area contributed by atoms with Crippen LogP contribution in [0.1, 0.15) is 17.9 Å². The van der Waals surface area contributed by atoms with Crippen molar-refractivity contribution in [3.05, 3.63) is 59.1 Å². The Morgan fingerprint density at radius 1 is 1.09 bits per heavy atom. The second-order valence-corrected chi connectivity index (χ2v) is 7.56. The number of sulfonamides is 1. The minimum absolute atomic E-state index is 0.0148. The highest BCUT2D eigenvalue weighted by Crippen LogP contribution is 2.48. The predicted molar refractivity (Wildman–Crippen MR) is 88.7 cm³/mol. The van der Waals surface area contributed by atoms with Gasteiger partial charge < -0.3 is 5.32 Å². The van der Waals surface area contributed by atoms with Gasteiger partial charge in [0.2, 0.25) is 15.9 Å². The van der Waals surface area contributed by atoms with Crippen LogP contribution >= 0.6 is 11.6 Å². The molecule has 1 aliphatic rings. The van der Waals surface area contributed by atoms with E-state index >= 15 is 0 Å². The summed E-state index contributed by atoms with van der Waals surface area (Å²) in [6.45, 7) is 0. The number of hydrogen-bond donors (Lipinski definition) is 2. The fraction of sp³-hybridized carbons (Fsp3) is 0.188. The fourth-order valence-corrected chi connectivity index (χ4v) is 3.17. The molecule has 3 N–H and O–H groups in total. The van der Waals surface area contributed by atoms with Crippen LogP contribution in [0.2, 0.25) is 5.02 Å². The molecule has 0 heterocycles. The molecule has 1 aliphatic carbocycles. The van der Waals surface area contributed by atoms with Gasteiger partial charge in [0.25, 0.3) is 0 Å². The number of nitrogens with one attached hydrogen (secondary N) is 1. The van der Waals surface area contributed by atoms with Crippen molar-refractivity contribution in [1.29, 1.82) is 0 Å². The smallest absolute Gasteiger partial charge is 0.238 e. The van der Waals surface area contributed by atoms with Gasteiger partial charge in [0, 0.05) is 16.6 Å². The molecule has 1 amide bonds. The van der Waals surface area contributed by atoms with Crippen LogP contribution in [-0.2, 0) is 14.8 Å². The third-order valence-corrected chi connectivity index (χ3v) is 5.06. The van der Waals surface area contributed by atoms with E-state index in [1.807, 2.05) is 24.3 Å². The Balaban J connectivity index is 1.63. The monoisotopic (exact) mass is 350 g/mol. The van der Waals surface area contributed by atoms with Crippen LogP contribution in [0.15, 0.2) is 53.4 Å². The number of rotatable bonds is 4. The average molecular weight is 351 g/mol. The quantitative estimate of drug-likeness (QED) is 0.888. The van der Waals surface area contributed by atoms with Crippen LogP contribution < -0.4 is 10.5 Å². The van der Waals surface area contributed by atoms with Gasteiger partial charge in [-0.15, -0.1) is 0 Å². The second-order valence-electron chi connectivity index (χ2n) is 5.56. The first-order chi connectivity index (χ1) is 10.8. The molecule has 1 saturated carbocycles. The van der Waals surface area contributed by atoms with E-state index in [1.165, 1.54) is 24.3 Å². The molecular formula is C16H15ClN2O3S. The first kappa shape index (κ1) is 16.0. The number of primary sulfonamides is 1. The molecule has 0 aromatic heterocycles. The van der Waals surface area contributed by atoms with E-state index in [0.717, 1.165) is 12.0 Å². The molecule has 0 radical (unpaired) electrons. The van der Waals surface area contributed by atoms with E-state index in [0.29, 0.717) is 10.7 Å². The standard InChI is InChI=1S/C16H15ClN2O3S/c17-11-3-1-10(2-4-11)14-9-15(14)16(20)19-12-5-7-13(8-6-12)23(18,21)22/h1-8,14-15H,9H2,(H,19,20)(H2,18,21,22). The van der Waals surface area contributed by atoms with Crippen molar-refractivity contribution in [2.75, 3.05) is 5.32 Å². The van der Waals surface area contributed by atoms with Crippen molar-refractivity contribution < 1.29 is 13.2 Å². The molecule has 0 saturated heterocycles. The summed E-state index contributed by atoms with van der Waals surface area (Å²) in [5.74, 6) is 0.0540. The summed E-state index contributed by atoms with van der Waals surface area (Å²) in [6.07, 6.45) is 0.794. The molecule has 2 atom stereocenters. The van der Waals surface area contributed by atoms with Crippen molar-refractivity contribution in [2.45, 2.75) is 17.2 Å². The van der Waals surface area contributed by atoms with Crippen LogP contribution in [0.25, 0.3) is 0 Å². The second kappa shape index (κ2) is 5.96. The number of anilines is 1. The minimum atomic E-state index is -3.72. The van der Waals surface area contributed by atoms with E-state index in [9.17, 15) is 13.2 Å². The van der Waals surface area contributed by atoms with E-state index in [2.05, 4.69) is 5.32 Å². The summed E-state index contributed by atoms with van der Waals surface area (Å²) in [4.78, 5) is 12.2. The Bertz CT molecular complexity index is 833. The highest BCUT2D eigenvalue weighted by Gasteiger charge is 2.43. The van der Waals surface area contributed by atoms with Crippen molar-refractivity contribution in [3.8, 4) is 0 Å². The summed E-state index contributed by atoms with van der Waals surface area (Å²) >= 11 is 5.86. The van der Waals surface area contributed by atoms with Crippen molar-refractivity contribution in [3.63, 3.8) is 0 Å². The van der Waals surface area contributed by atoms with Gasteiger partial charge in [0.15, 0.2) is 0 Å². The summed E-state index contributed by atoms with van der Waals surface area (Å²) < 4.78 is 22.4. The van der Waals surface area contributed by atoms with Crippen LogP contribution in [0, 0.1) is 5.92 Å². The van der Waals surface area contributed by atoms with Gasteiger partial charge in [-0.1, -0.05) is 23.7 Å². The Kier molecular flexibility index (Phi) is 4.14. The van der Waals surface area contributed by atoms with Crippen LogP contribution in [0.4, 0.5) is 5.69 Å². The third kappa shape index (κ3) is 3.72. The molecule has 120 valence electrons. The first-order valence-corrected chi connectivity index (χ1v) is 8.96. The van der Waals surface area contributed by atoms with Gasteiger partial charge in [-0.2, -0.15) is 0 Å². The summed E-state index contributed by atoms with van der Waals surface area (Å²) in [7, 11) is -3.72. The predicted octanol–water partition coefficient (Wildman–Crippen LogP) is 2.73. The van der Waals surface area contributed by atoms with E-state index in [1.54, 1.807) is 0 Å². The Hall–Kier alpha value is -1.89. The number of benzene rings is 2. The van der Waals surface area contributed by atoms with Crippen molar-refractivity contribution >= 4 is 33.2 Å². The van der Waals surface area contributed by atoms with Gasteiger partial charge in [-0.05, 0) is 54.3 Å². The molecule has 2 aromatic carbocycles. The zero-order valence-corrected chi connectivity index (χ0v) is 13.6. The highest BCUT2D eigenvalue weighted by molar-refractivity contribution is 7.89. The lowest BCUT2D eigenvalue weighted by molar-refractivity contribution is -0.117. The van der Waals surface area contributed by atoms with Crippen LogP contribution in [-0.4, -0.2) is 14.3 Å². The normalized spacial score (nSPS) is 20.1. The fourth-order valence-electron chi connectivity index (χ4n) is 2.53. The molecule has 2 aromatic rings. The summed E-state index contributed by atoms with van der Waals surface area (Å²) in [5.41, 5.74) is 1.64. The van der Waals surface area contributed by atoms with E-state index in [4.69, 9.17) is 16.7 Å². The summed E-state index contributed by atoms with van der Waals surface area (Å²) in [5, 5.41) is 8.50. The number of nitrogens with two attached hydrogens (primary N) is 1. The molecule has 1 fully saturated rings. The summed E-state index contributed by atoms with van der Waals surface area (Å²) in [6, 6.07) is 13.3. The first-order valence-electron chi connectivity index (χ1n) is 7.04. The topological polar surface area (TPSA) is 89.3 Å². The van der Waals surface area contributed by atoms with Gasteiger partial charge in [-0.3, -0.25) is 4.79 Å². The number of carbonyl (C=O) groups is 1. The third-order valence-electron chi connectivity index (χ3n) is 3.88. The Labute approximate surface area is 139 Å². The Morgan fingerprint density at radius 3 is 2.26 bits per heavy atom. The highest BCUT2D eigenvalue weighted by atomic mass is 35.5. The Morgan fingerprint density at radius 2 is 1.70 bits per heavy atom. The molecule has 0 aliphatic heterocycles. The number of hydrogen-bond acceptors (Lipinski definition) is 3. The lowest BCUT2D eigenvalue weighted by Crippen LogP contribution is -2.15. The van der Waals surface area contributed by atoms with Gasteiger partial charge in [0.1, 0.15) is 0 Å². The van der Waals surface area contributed by atoms with E-state index < -0.39 is 10.0 Å². The zero-order valence-electron chi connectivity index (χ0n) is 12.1. The molecule has 0 bridgehead atoms. The molecule has 3 rings (SSSR count). The lowest BCUT2D eigenvalue weighted by atomic mass is 10.1. The van der Waals surface area contributed by atoms with Gasteiger partial charge in [-0.25, -0.2) is 13.6 Å². The van der Waals surface area contributed by atoms with Gasteiger partial charge in [0.05, 0.1) is 4.90 Å². The average Bonchev–Trinajstić information content (AvgIpc) is 3.28. The zero-order chi connectivity index (χ0) is 16.6. The molecule has 2 unspecified atom stereocenters. The molecule has 7 heteroatoms. The van der Waals surface area contributed by atoms with Crippen molar-refractivity contribution in [1.82, 2.24) is 0 Å². The minimum Gasteiger partial charge on any atom is -0.326 e. The maximum absolute atomic E-state index is 12.2. The molecule has 23 heavy (non-hydrogen) atoms. The largest absolute Gasteiger partial charge is 0.326 e. The molecular weight excluding hydrogens is 336 g/mol. The van der Waals surface area contributed by atoms with Crippen LogP contribution in [0.5, 0.6) is 0 Å². The number of carbonyl (C=O) groups excluding carboxylic acids is 1. The SMILES string of the molecule is NS(=O)(=O)c1ccc(NC(=O)C2CC2c2ccc(Cl)cc2)cc1. The maximum Gasteiger partial charge on any atom is 0.238 e. The molecule has 5 nitrogen and oxygen atoms in total. The van der Waals surface area contributed by atoms with E-state index in [-0.39, 0.29) is 22.6 Å². The van der Waals surface area contributed by atoms with Gasteiger partial charge >= 0.3 is 0 Å². The number of amides is 1.